The number of ketones is 1. The van der Waals surface area contributed by atoms with Crippen molar-refractivity contribution in [2.45, 2.75) is 18.2 Å². The zero-order valence-corrected chi connectivity index (χ0v) is 24.4. The van der Waals surface area contributed by atoms with E-state index in [2.05, 4.69) is 0 Å². The third-order valence-corrected chi connectivity index (χ3v) is 7.80. The van der Waals surface area contributed by atoms with Gasteiger partial charge in [0.15, 0.2) is 5.78 Å². The van der Waals surface area contributed by atoms with Crippen LogP contribution in [0.1, 0.15) is 26.9 Å². The average Bonchev–Trinajstić information content (AvgIpc) is 3.45. The number of hydrogen-bond donors (Lipinski definition) is 0. The maximum atomic E-state index is 12.6. The summed E-state index contributed by atoms with van der Waals surface area (Å²) in [5, 5.41) is 1.70. The largest absolute Gasteiger partial charge is 0.365 e. The first kappa shape index (κ1) is 28.6. The van der Waals surface area contributed by atoms with Crippen LogP contribution < -0.4 is 0 Å². The lowest BCUT2D eigenvalue weighted by Gasteiger charge is -2.31. The van der Waals surface area contributed by atoms with Crippen molar-refractivity contribution in [2.24, 2.45) is 0 Å². The number of hydrogen-bond acceptors (Lipinski definition) is 5. The molecule has 0 spiro atoms. The minimum absolute atomic E-state index is 0. The molecule has 1 aliphatic rings. The van der Waals surface area contributed by atoms with Crippen LogP contribution in [0.4, 0.5) is 0 Å². The first-order valence-electron chi connectivity index (χ1n) is 10.2. The molecule has 0 saturated carbocycles. The van der Waals surface area contributed by atoms with Crippen LogP contribution >= 0.6 is 86.3 Å². The fourth-order valence-electron chi connectivity index (χ4n) is 3.45. The Morgan fingerprint density at radius 1 is 0.971 bits per heavy atom. The van der Waals surface area contributed by atoms with Crippen LogP contribution in [-0.2, 0) is 11.3 Å². The molecule has 0 amide bonds. The monoisotopic (exact) mass is 654 g/mol. The van der Waals surface area contributed by atoms with E-state index in [0.717, 1.165) is 11.1 Å². The molecular weight excluding hydrogens is 638 g/mol. The molecule has 0 radical (unpaired) electrons. The Kier molecular flexibility index (Phi) is 10.6. The molecular formula is C24H20BrCl5N2O2S. The fraction of sp³-hybridized carbons (Fsp3) is 0.208. The fourth-order valence-corrected chi connectivity index (χ4v) is 5.36. The van der Waals surface area contributed by atoms with Crippen LogP contribution in [0.2, 0.25) is 19.4 Å². The SMILES string of the molecule is Br.O=C(CN1C=CN(C(Cl)C(OCc2ccc(Cl)cc2Cl)c2ccc(Cl)cc2)C1)c1ccc(Cl)s1. The van der Waals surface area contributed by atoms with Gasteiger partial charge in [0.05, 0.1) is 29.0 Å². The molecule has 0 fully saturated rings. The van der Waals surface area contributed by atoms with Gasteiger partial charge in [-0.2, -0.15) is 0 Å². The van der Waals surface area contributed by atoms with Crippen molar-refractivity contribution < 1.29 is 9.53 Å². The van der Waals surface area contributed by atoms with E-state index in [-0.39, 0.29) is 35.9 Å². The van der Waals surface area contributed by atoms with Crippen molar-refractivity contribution in [3.63, 3.8) is 0 Å². The molecule has 186 valence electrons. The minimum atomic E-state index is -0.556. The zero-order chi connectivity index (χ0) is 24.2. The first-order chi connectivity index (χ1) is 16.3. The Labute approximate surface area is 243 Å². The number of ether oxygens (including phenoxy) is 1. The molecule has 2 unspecified atom stereocenters. The lowest BCUT2D eigenvalue weighted by atomic mass is 10.1. The standard InChI is InChI=1S/C24H19Cl5N2O2S.BrH/c25-17-4-1-15(2-5-17)23(33-13-16-3-6-18(26)11-19(16)27)24(29)31-10-9-30(14-31)12-20(32)21-7-8-22(28)34-21;/h1-11,23-24H,12-14H2;1H. The highest BCUT2D eigenvalue weighted by Crippen LogP contribution is 2.33. The molecule has 0 saturated heterocycles. The van der Waals surface area contributed by atoms with Crippen molar-refractivity contribution in [2.75, 3.05) is 13.2 Å². The number of thiophene rings is 1. The molecule has 4 nitrogen and oxygen atoms in total. The summed E-state index contributed by atoms with van der Waals surface area (Å²) in [6, 6.07) is 16.1. The van der Waals surface area contributed by atoms with Crippen LogP contribution in [0.3, 0.4) is 0 Å². The van der Waals surface area contributed by atoms with Gasteiger partial charge in [0, 0.05) is 27.5 Å². The number of carbonyl (C=O) groups excluding carboxylic acids is 1. The van der Waals surface area contributed by atoms with E-state index in [1.54, 1.807) is 36.4 Å². The van der Waals surface area contributed by atoms with Gasteiger partial charge in [0.25, 0.3) is 0 Å². The lowest BCUT2D eigenvalue weighted by Crippen LogP contribution is -2.37. The predicted octanol–water partition coefficient (Wildman–Crippen LogP) is 8.69. The average molecular weight is 658 g/mol. The van der Waals surface area contributed by atoms with E-state index in [1.165, 1.54) is 11.3 Å². The second kappa shape index (κ2) is 13.0. The summed E-state index contributed by atoms with van der Waals surface area (Å²) >= 11 is 32.6. The summed E-state index contributed by atoms with van der Waals surface area (Å²) in [5.41, 5.74) is 1.11. The van der Waals surface area contributed by atoms with Crippen LogP contribution in [0.5, 0.6) is 0 Å². The Balaban J connectivity index is 0.00000342. The minimum Gasteiger partial charge on any atom is -0.365 e. The molecule has 2 heterocycles. The van der Waals surface area contributed by atoms with Gasteiger partial charge in [-0.15, -0.1) is 28.3 Å². The Morgan fingerprint density at radius 3 is 2.34 bits per heavy atom. The molecule has 1 aliphatic heterocycles. The van der Waals surface area contributed by atoms with Gasteiger partial charge >= 0.3 is 0 Å². The number of halogens is 6. The van der Waals surface area contributed by atoms with E-state index in [0.29, 0.717) is 31.0 Å². The van der Waals surface area contributed by atoms with E-state index in [1.807, 2.05) is 40.4 Å². The van der Waals surface area contributed by atoms with Gasteiger partial charge in [-0.1, -0.05) is 76.2 Å². The number of Topliss-reactive ketones (excluding diaryl/α,β-unsaturated/α-hetero) is 1. The summed E-state index contributed by atoms with van der Waals surface area (Å²) in [4.78, 5) is 17.0. The normalized spacial score (nSPS) is 14.7. The summed E-state index contributed by atoms with van der Waals surface area (Å²) in [7, 11) is 0. The molecule has 11 heteroatoms. The smallest absolute Gasteiger partial charge is 0.192 e. The van der Waals surface area contributed by atoms with Crippen molar-refractivity contribution in [3.05, 3.63) is 102 Å². The zero-order valence-electron chi connectivity index (χ0n) is 18.0. The molecule has 0 bridgehead atoms. The Hall–Kier alpha value is -0.960. The second-order valence-corrected chi connectivity index (χ2v) is 11.1. The lowest BCUT2D eigenvalue weighted by molar-refractivity contribution is 0.00699. The van der Waals surface area contributed by atoms with Crippen molar-refractivity contribution in [1.82, 2.24) is 9.80 Å². The van der Waals surface area contributed by atoms with E-state index >= 15 is 0 Å². The molecule has 1 aromatic heterocycles. The Morgan fingerprint density at radius 2 is 1.69 bits per heavy atom. The van der Waals surface area contributed by atoms with Gasteiger partial charge in [0.2, 0.25) is 0 Å². The van der Waals surface area contributed by atoms with Gasteiger partial charge in [0.1, 0.15) is 11.6 Å². The molecule has 2 atom stereocenters. The molecule has 35 heavy (non-hydrogen) atoms. The number of alkyl halides is 1. The van der Waals surface area contributed by atoms with Crippen LogP contribution in [0.25, 0.3) is 0 Å². The number of benzene rings is 2. The van der Waals surface area contributed by atoms with Crippen molar-refractivity contribution in [1.29, 1.82) is 0 Å². The van der Waals surface area contributed by atoms with Crippen LogP contribution in [0, 0.1) is 0 Å². The highest BCUT2D eigenvalue weighted by atomic mass is 79.9. The third-order valence-electron chi connectivity index (χ3n) is 5.21. The summed E-state index contributed by atoms with van der Waals surface area (Å²) < 4.78 is 6.85. The quantitative estimate of drug-likeness (QED) is 0.131. The topological polar surface area (TPSA) is 32.8 Å². The summed E-state index contributed by atoms with van der Waals surface area (Å²) in [6.07, 6.45) is 3.20. The number of carbonyl (C=O) groups is 1. The molecule has 3 aromatic rings. The third kappa shape index (κ3) is 7.53. The van der Waals surface area contributed by atoms with Gasteiger partial charge in [-0.25, -0.2) is 0 Å². The number of rotatable bonds is 9. The van der Waals surface area contributed by atoms with E-state index in [4.69, 9.17) is 62.7 Å². The van der Waals surface area contributed by atoms with Crippen molar-refractivity contribution >= 4 is 92.1 Å². The van der Waals surface area contributed by atoms with Gasteiger partial charge in [-0.3, -0.25) is 4.79 Å². The molecule has 4 rings (SSSR count). The van der Waals surface area contributed by atoms with Gasteiger partial charge < -0.3 is 14.5 Å². The van der Waals surface area contributed by atoms with Crippen molar-refractivity contribution in [3.8, 4) is 0 Å². The Bertz CT molecular complexity index is 1190. The predicted molar refractivity (Wildman–Crippen MR) is 152 cm³/mol. The molecule has 0 aliphatic carbocycles. The van der Waals surface area contributed by atoms with Crippen LogP contribution in [0.15, 0.2) is 67.0 Å². The van der Waals surface area contributed by atoms with E-state index < -0.39 is 11.6 Å². The van der Waals surface area contributed by atoms with Crippen LogP contribution in [-0.4, -0.2) is 34.3 Å². The highest BCUT2D eigenvalue weighted by molar-refractivity contribution is 8.93. The second-order valence-electron chi connectivity index (χ2n) is 7.62. The maximum absolute atomic E-state index is 12.6. The molecule has 0 N–H and O–H groups in total. The summed E-state index contributed by atoms with van der Waals surface area (Å²) in [6.45, 7) is 0.903. The van der Waals surface area contributed by atoms with E-state index in [9.17, 15) is 4.79 Å². The maximum Gasteiger partial charge on any atom is 0.192 e. The first-order valence-corrected chi connectivity index (χ1v) is 13.0. The highest BCUT2D eigenvalue weighted by Gasteiger charge is 2.30. The van der Waals surface area contributed by atoms with Gasteiger partial charge in [-0.05, 0) is 47.5 Å². The molecule has 2 aromatic carbocycles. The number of nitrogens with zero attached hydrogens (tertiary/aromatic N) is 2. The summed E-state index contributed by atoms with van der Waals surface area (Å²) in [5.74, 6) is -0.00240.